The Morgan fingerprint density at radius 3 is 1.97 bits per heavy atom. The monoisotopic (exact) mass is 426 g/mol. The maximum atomic E-state index is 12.9. The van der Waals surface area contributed by atoms with Crippen molar-refractivity contribution in [2.75, 3.05) is 10.6 Å². The summed E-state index contributed by atoms with van der Waals surface area (Å²) in [4.78, 5) is 24.4. The molecule has 1 aromatic carbocycles. The summed E-state index contributed by atoms with van der Waals surface area (Å²) in [7, 11) is 2.87. The van der Waals surface area contributed by atoms with Crippen LogP contribution >= 0.6 is 11.6 Å². The van der Waals surface area contributed by atoms with Crippen LogP contribution in [0.2, 0.25) is 5.02 Å². The third-order valence-electron chi connectivity index (χ3n) is 3.82. The lowest BCUT2D eigenvalue weighted by molar-refractivity contribution is -0.141. The van der Waals surface area contributed by atoms with Crippen LogP contribution in [0.15, 0.2) is 36.5 Å². The Morgan fingerprint density at radius 2 is 1.52 bits per heavy atom. The second-order valence-corrected chi connectivity index (χ2v) is 6.37. The molecule has 8 nitrogen and oxygen atoms in total. The van der Waals surface area contributed by atoms with E-state index in [-0.39, 0.29) is 11.4 Å². The van der Waals surface area contributed by atoms with Crippen molar-refractivity contribution in [3.63, 3.8) is 0 Å². The minimum Gasteiger partial charge on any atom is -0.321 e. The Balaban J connectivity index is 1.71. The average Bonchev–Trinajstić information content (AvgIpc) is 3.19. The molecule has 0 fully saturated rings. The first kappa shape index (κ1) is 20.4. The fourth-order valence-corrected chi connectivity index (χ4v) is 2.84. The fourth-order valence-electron chi connectivity index (χ4n) is 2.48. The molecule has 3 aromatic rings. The van der Waals surface area contributed by atoms with E-state index in [9.17, 15) is 22.8 Å². The van der Waals surface area contributed by atoms with Crippen molar-refractivity contribution in [2.24, 2.45) is 14.1 Å². The molecule has 0 aliphatic carbocycles. The van der Waals surface area contributed by atoms with Gasteiger partial charge in [0.05, 0.1) is 0 Å². The van der Waals surface area contributed by atoms with Gasteiger partial charge in [-0.15, -0.1) is 0 Å². The van der Waals surface area contributed by atoms with Gasteiger partial charge in [0, 0.05) is 31.7 Å². The molecule has 0 atom stereocenters. The third-order valence-corrected chi connectivity index (χ3v) is 4.18. The highest BCUT2D eigenvalue weighted by Gasteiger charge is 2.39. The number of alkyl halides is 3. The van der Waals surface area contributed by atoms with Crippen LogP contribution in [-0.4, -0.2) is 31.4 Å². The SMILES string of the molecule is Cn1ccc(C(=O)Nc2ccc(NC(=O)c3c(Cl)c(C(F)(F)F)nn3C)cc2)n1. The molecule has 0 spiro atoms. The van der Waals surface area contributed by atoms with Gasteiger partial charge in [-0.25, -0.2) is 0 Å². The zero-order valence-corrected chi connectivity index (χ0v) is 15.8. The van der Waals surface area contributed by atoms with E-state index >= 15 is 0 Å². The highest BCUT2D eigenvalue weighted by molar-refractivity contribution is 6.34. The van der Waals surface area contributed by atoms with Crippen molar-refractivity contribution >= 4 is 34.8 Å². The summed E-state index contributed by atoms with van der Waals surface area (Å²) in [6.45, 7) is 0. The third kappa shape index (κ3) is 4.40. The Morgan fingerprint density at radius 1 is 0.966 bits per heavy atom. The summed E-state index contributed by atoms with van der Waals surface area (Å²) < 4.78 is 40.9. The van der Waals surface area contributed by atoms with Crippen molar-refractivity contribution in [2.45, 2.75) is 6.18 Å². The van der Waals surface area contributed by atoms with Gasteiger partial charge in [-0.2, -0.15) is 23.4 Å². The first-order valence-electron chi connectivity index (χ1n) is 8.08. The Kier molecular flexibility index (Phi) is 5.33. The second-order valence-electron chi connectivity index (χ2n) is 5.99. The minimum absolute atomic E-state index is 0.233. The topological polar surface area (TPSA) is 93.8 Å². The summed E-state index contributed by atoms with van der Waals surface area (Å²) >= 11 is 5.70. The van der Waals surface area contributed by atoms with Crippen molar-refractivity contribution in [1.29, 1.82) is 0 Å². The van der Waals surface area contributed by atoms with E-state index in [0.717, 1.165) is 4.68 Å². The molecular formula is C17H14ClF3N6O2. The Hall–Kier alpha value is -3.34. The lowest BCUT2D eigenvalue weighted by Gasteiger charge is -2.08. The number of rotatable bonds is 4. The van der Waals surface area contributed by atoms with Crippen LogP contribution in [-0.2, 0) is 20.3 Å². The number of carbonyl (C=O) groups excluding carboxylic acids is 2. The molecule has 2 heterocycles. The highest BCUT2D eigenvalue weighted by Crippen LogP contribution is 2.35. The van der Waals surface area contributed by atoms with Crippen molar-refractivity contribution in [3.05, 3.63) is 58.6 Å². The molecule has 0 aliphatic rings. The van der Waals surface area contributed by atoms with Crippen LogP contribution < -0.4 is 10.6 Å². The molecule has 2 N–H and O–H groups in total. The number of amides is 2. The smallest absolute Gasteiger partial charge is 0.321 e. The lowest BCUT2D eigenvalue weighted by Crippen LogP contribution is -2.17. The van der Waals surface area contributed by atoms with E-state index in [1.807, 2.05) is 0 Å². The Labute approximate surface area is 167 Å². The van der Waals surface area contributed by atoms with Gasteiger partial charge in [0.2, 0.25) is 0 Å². The standard InChI is InChI=1S/C17H14ClF3N6O2/c1-26-8-7-11(24-26)15(28)22-9-3-5-10(6-4-9)23-16(29)13-12(18)14(17(19,20)21)25-27(13)2/h3-8H,1-2H3,(H,22,28)(H,23,29). The van der Waals surface area contributed by atoms with E-state index in [4.69, 9.17) is 11.6 Å². The highest BCUT2D eigenvalue weighted by atomic mass is 35.5. The van der Waals surface area contributed by atoms with Gasteiger partial charge in [0.25, 0.3) is 11.8 Å². The molecule has 2 aromatic heterocycles. The molecule has 2 amide bonds. The number of aromatic nitrogens is 4. The van der Waals surface area contributed by atoms with E-state index < -0.39 is 34.4 Å². The molecular weight excluding hydrogens is 413 g/mol. The maximum Gasteiger partial charge on any atom is 0.436 e. The number of benzene rings is 1. The molecule has 0 saturated carbocycles. The molecule has 0 unspecified atom stereocenters. The number of carbonyl (C=O) groups is 2. The average molecular weight is 427 g/mol. The van der Waals surface area contributed by atoms with Crippen LogP contribution in [0.5, 0.6) is 0 Å². The van der Waals surface area contributed by atoms with E-state index in [1.54, 1.807) is 19.3 Å². The molecule has 0 radical (unpaired) electrons. The summed E-state index contributed by atoms with van der Waals surface area (Å²) in [5, 5.41) is 11.5. The second kappa shape index (κ2) is 7.59. The number of hydrogen-bond acceptors (Lipinski definition) is 4. The van der Waals surface area contributed by atoms with Crippen LogP contribution in [0.1, 0.15) is 26.7 Å². The fraction of sp³-hybridized carbons (Fsp3) is 0.176. The number of nitrogens with zero attached hydrogens (tertiary/aromatic N) is 4. The number of aryl methyl sites for hydroxylation is 2. The minimum atomic E-state index is -4.78. The molecule has 0 bridgehead atoms. The molecule has 12 heteroatoms. The summed E-state index contributed by atoms with van der Waals surface area (Å²) in [6.07, 6.45) is -3.15. The van der Waals surface area contributed by atoms with Crippen LogP contribution in [0.4, 0.5) is 24.5 Å². The normalized spacial score (nSPS) is 11.4. The molecule has 3 rings (SSSR count). The zero-order valence-electron chi connectivity index (χ0n) is 15.1. The largest absolute Gasteiger partial charge is 0.436 e. The summed E-state index contributed by atoms with van der Waals surface area (Å²) in [5.41, 5.74) is -0.796. The lowest BCUT2D eigenvalue weighted by atomic mass is 10.2. The van der Waals surface area contributed by atoms with E-state index in [0.29, 0.717) is 5.69 Å². The quantitative estimate of drug-likeness (QED) is 0.669. The van der Waals surface area contributed by atoms with Crippen molar-refractivity contribution in [1.82, 2.24) is 19.6 Å². The predicted octanol–water partition coefficient (Wildman–Crippen LogP) is 3.33. The molecule has 0 aliphatic heterocycles. The molecule has 0 saturated heterocycles. The number of anilines is 2. The van der Waals surface area contributed by atoms with E-state index in [2.05, 4.69) is 20.8 Å². The number of nitrogens with one attached hydrogen (secondary N) is 2. The maximum absolute atomic E-state index is 12.9. The van der Waals surface area contributed by atoms with Gasteiger partial charge in [0.1, 0.15) is 10.7 Å². The van der Waals surface area contributed by atoms with Gasteiger partial charge in [0.15, 0.2) is 11.4 Å². The zero-order chi connectivity index (χ0) is 21.3. The van der Waals surface area contributed by atoms with Gasteiger partial charge in [-0.05, 0) is 30.3 Å². The summed E-state index contributed by atoms with van der Waals surface area (Å²) in [6, 6.07) is 7.53. The predicted molar refractivity (Wildman–Crippen MR) is 98.8 cm³/mol. The number of hydrogen-bond donors (Lipinski definition) is 2. The Bertz CT molecular complexity index is 1070. The van der Waals surface area contributed by atoms with Crippen LogP contribution in [0.25, 0.3) is 0 Å². The van der Waals surface area contributed by atoms with Crippen molar-refractivity contribution in [3.8, 4) is 0 Å². The van der Waals surface area contributed by atoms with Crippen LogP contribution in [0, 0.1) is 0 Å². The number of halogens is 4. The van der Waals surface area contributed by atoms with Crippen molar-refractivity contribution < 1.29 is 22.8 Å². The first-order chi connectivity index (χ1) is 13.6. The van der Waals surface area contributed by atoms with Gasteiger partial charge < -0.3 is 10.6 Å². The first-order valence-corrected chi connectivity index (χ1v) is 8.46. The van der Waals surface area contributed by atoms with E-state index in [1.165, 1.54) is 36.0 Å². The van der Waals surface area contributed by atoms with Gasteiger partial charge in [-0.3, -0.25) is 19.0 Å². The van der Waals surface area contributed by atoms with Gasteiger partial charge in [-0.1, -0.05) is 11.6 Å². The molecule has 152 valence electrons. The van der Waals surface area contributed by atoms with Crippen LogP contribution in [0.3, 0.4) is 0 Å². The van der Waals surface area contributed by atoms with Gasteiger partial charge >= 0.3 is 6.18 Å². The molecule has 29 heavy (non-hydrogen) atoms. The summed E-state index contributed by atoms with van der Waals surface area (Å²) in [5.74, 6) is -1.27.